The summed E-state index contributed by atoms with van der Waals surface area (Å²) in [5.41, 5.74) is 3.93. The van der Waals surface area contributed by atoms with E-state index in [1.54, 1.807) is 0 Å². The third-order valence-corrected chi connectivity index (χ3v) is 2.98. The van der Waals surface area contributed by atoms with E-state index in [9.17, 15) is 24.8 Å². The first-order valence-corrected chi connectivity index (χ1v) is 6.81. The average molecular weight is 311 g/mol. The van der Waals surface area contributed by atoms with Crippen molar-refractivity contribution in [2.75, 3.05) is 18.4 Å². The van der Waals surface area contributed by atoms with Crippen molar-refractivity contribution >= 4 is 23.3 Å². The largest absolute Gasteiger partial charge is 0.544 e. The maximum absolute atomic E-state index is 11.8. The molecule has 0 aliphatic carbocycles. The first-order chi connectivity index (χ1) is 10.4. The van der Waals surface area contributed by atoms with Crippen LogP contribution in [0.4, 0.5) is 11.4 Å². The first kappa shape index (κ1) is 17.5. The summed E-state index contributed by atoms with van der Waals surface area (Å²) in [6.45, 7) is 1.23. The Balaban J connectivity index is 2.55. The van der Waals surface area contributed by atoms with E-state index in [1.807, 2.05) is 0 Å². The number of nitrogens with one attached hydrogen (secondary N) is 1. The fraction of sp³-hybridized carbons (Fsp3) is 0.385. The summed E-state index contributed by atoms with van der Waals surface area (Å²) in [6, 6.07) is 4.32. The lowest BCUT2D eigenvalue weighted by Gasteiger charge is -2.16. The van der Waals surface area contributed by atoms with Crippen LogP contribution in [0, 0.1) is 10.1 Å². The number of hydrogen-bond acceptors (Lipinski definition) is 5. The molecule has 1 amide bonds. The molecule has 1 atom stereocenters. The third kappa shape index (κ3) is 5.85. The number of carbonyl (C=O) groups excluding carboxylic acids is 2. The maximum Gasteiger partial charge on any atom is 0.269 e. The highest BCUT2D eigenvalue weighted by Crippen LogP contribution is 2.15. The van der Waals surface area contributed by atoms with Crippen LogP contribution >= 0.6 is 0 Å². The van der Waals surface area contributed by atoms with Crippen LogP contribution in [-0.2, 0) is 9.59 Å². The molecule has 0 radical (unpaired) electrons. The Kier molecular flexibility index (Phi) is 6.93. The Bertz CT molecular complexity index is 532. The molecule has 1 rings (SSSR count). The molecule has 0 bridgehead atoms. The SMILES string of the molecule is [NH3+]CCC[NH2+][C@@H](CC(=O)Nc1ccc([N+](=O)[O-])cc1)C(=O)[O-]. The molecule has 9 nitrogen and oxygen atoms in total. The molecule has 0 heterocycles. The molecule has 0 fully saturated rings. The van der Waals surface area contributed by atoms with Gasteiger partial charge < -0.3 is 26.3 Å². The van der Waals surface area contributed by atoms with Crippen molar-refractivity contribution < 1.29 is 30.7 Å². The molecule has 120 valence electrons. The zero-order valence-electron chi connectivity index (χ0n) is 12.0. The van der Waals surface area contributed by atoms with Crippen molar-refractivity contribution in [3.63, 3.8) is 0 Å². The molecule has 0 aliphatic rings. The molecule has 0 saturated heterocycles. The fourth-order valence-corrected chi connectivity index (χ4v) is 1.80. The minimum Gasteiger partial charge on any atom is -0.544 e. The number of carboxylic acids is 1. The first-order valence-electron chi connectivity index (χ1n) is 6.81. The van der Waals surface area contributed by atoms with E-state index in [4.69, 9.17) is 0 Å². The highest BCUT2D eigenvalue weighted by molar-refractivity contribution is 5.93. The second-order valence-corrected chi connectivity index (χ2v) is 4.71. The van der Waals surface area contributed by atoms with Crippen molar-refractivity contribution in [3.8, 4) is 0 Å². The summed E-state index contributed by atoms with van der Waals surface area (Å²) in [7, 11) is 0. The number of nitro benzene ring substituents is 1. The molecule has 1 aromatic rings. The van der Waals surface area contributed by atoms with Gasteiger partial charge in [-0.2, -0.15) is 0 Å². The average Bonchev–Trinajstić information content (AvgIpc) is 2.46. The zero-order valence-corrected chi connectivity index (χ0v) is 12.0. The quantitative estimate of drug-likeness (QED) is 0.256. The van der Waals surface area contributed by atoms with Crippen molar-refractivity contribution in [3.05, 3.63) is 34.4 Å². The maximum atomic E-state index is 11.8. The summed E-state index contributed by atoms with van der Waals surface area (Å²) in [5.74, 6) is -1.79. The summed E-state index contributed by atoms with van der Waals surface area (Å²) < 4.78 is 0. The Morgan fingerprint density at radius 2 is 1.95 bits per heavy atom. The van der Waals surface area contributed by atoms with Crippen molar-refractivity contribution in [2.45, 2.75) is 18.9 Å². The molecular weight excluding hydrogens is 292 g/mol. The fourth-order valence-electron chi connectivity index (χ4n) is 1.80. The van der Waals surface area contributed by atoms with E-state index >= 15 is 0 Å². The molecule has 22 heavy (non-hydrogen) atoms. The number of carboxylic acid groups (broad SMARTS) is 1. The Morgan fingerprint density at radius 1 is 1.32 bits per heavy atom. The zero-order chi connectivity index (χ0) is 16.5. The molecule has 0 unspecified atom stereocenters. The van der Waals surface area contributed by atoms with E-state index < -0.39 is 22.8 Å². The molecule has 0 aromatic heterocycles. The predicted octanol–water partition coefficient (Wildman–Crippen LogP) is -2.76. The van der Waals surface area contributed by atoms with Crippen LogP contribution in [-0.4, -0.2) is 35.9 Å². The van der Waals surface area contributed by atoms with E-state index in [0.717, 1.165) is 6.42 Å². The number of nitrogens with zero attached hydrogens (tertiary/aromatic N) is 1. The van der Waals surface area contributed by atoms with Gasteiger partial charge in [0.2, 0.25) is 5.91 Å². The van der Waals surface area contributed by atoms with Crippen LogP contribution in [0.5, 0.6) is 0 Å². The number of carbonyl (C=O) groups is 2. The standard InChI is InChI=1S/C13H18N4O5/c14-6-1-7-15-11(13(19)20)8-12(18)16-9-2-4-10(5-3-9)17(21)22/h2-5,11,15H,1,6-8,14H2,(H,16,18)(H,19,20)/p+1/t11-/m0/s1. The van der Waals surface area contributed by atoms with Gasteiger partial charge in [0.1, 0.15) is 6.04 Å². The monoisotopic (exact) mass is 311 g/mol. The lowest BCUT2D eigenvalue weighted by Crippen LogP contribution is -2.93. The summed E-state index contributed by atoms with van der Waals surface area (Å²) in [4.78, 5) is 32.8. The van der Waals surface area contributed by atoms with Gasteiger partial charge in [-0.05, 0) is 12.1 Å². The van der Waals surface area contributed by atoms with Gasteiger partial charge in [0.05, 0.1) is 30.4 Å². The van der Waals surface area contributed by atoms with Gasteiger partial charge >= 0.3 is 0 Å². The van der Waals surface area contributed by atoms with Crippen LogP contribution in [0.3, 0.4) is 0 Å². The van der Waals surface area contributed by atoms with Gasteiger partial charge in [-0.25, -0.2) is 0 Å². The number of amides is 1. The second kappa shape index (κ2) is 8.70. The van der Waals surface area contributed by atoms with E-state index in [0.29, 0.717) is 18.8 Å². The lowest BCUT2D eigenvalue weighted by molar-refractivity contribution is -0.684. The Labute approximate surface area is 126 Å². The van der Waals surface area contributed by atoms with Crippen LogP contribution in [0.15, 0.2) is 24.3 Å². The summed E-state index contributed by atoms with van der Waals surface area (Å²) in [6.07, 6.45) is 0.504. The lowest BCUT2D eigenvalue weighted by atomic mass is 10.2. The number of quaternary nitrogens is 2. The number of rotatable bonds is 9. The minimum absolute atomic E-state index is 0.0906. The number of aliphatic carboxylic acids is 1. The highest BCUT2D eigenvalue weighted by Gasteiger charge is 2.18. The van der Waals surface area contributed by atoms with Gasteiger partial charge in [0, 0.05) is 24.2 Å². The molecular formula is C13H19N4O5+. The van der Waals surface area contributed by atoms with E-state index in [-0.39, 0.29) is 12.1 Å². The van der Waals surface area contributed by atoms with Gasteiger partial charge in [0.15, 0.2) is 0 Å². The van der Waals surface area contributed by atoms with Crippen LogP contribution < -0.4 is 21.5 Å². The topological polar surface area (TPSA) is 157 Å². The van der Waals surface area contributed by atoms with Crippen molar-refractivity contribution in [1.82, 2.24) is 0 Å². The summed E-state index contributed by atoms with van der Waals surface area (Å²) >= 11 is 0. The van der Waals surface area contributed by atoms with Gasteiger partial charge in [-0.3, -0.25) is 14.9 Å². The van der Waals surface area contributed by atoms with Crippen molar-refractivity contribution in [2.24, 2.45) is 0 Å². The van der Waals surface area contributed by atoms with Gasteiger partial charge in [-0.15, -0.1) is 0 Å². The number of anilines is 1. The number of non-ortho nitro benzene ring substituents is 1. The summed E-state index contributed by atoms with van der Waals surface area (Å²) in [5, 5.41) is 25.5. The van der Waals surface area contributed by atoms with E-state index in [1.165, 1.54) is 29.6 Å². The molecule has 1 aromatic carbocycles. The predicted molar refractivity (Wildman–Crippen MR) is 74.3 cm³/mol. The molecule has 0 saturated carbocycles. The van der Waals surface area contributed by atoms with Crippen LogP contribution in [0.2, 0.25) is 0 Å². The molecule has 0 spiro atoms. The number of nitrogens with two attached hydrogens (primary N) is 1. The normalized spacial score (nSPS) is 11.7. The number of benzene rings is 1. The molecule has 0 aliphatic heterocycles. The Hall–Kier alpha value is -2.52. The Morgan fingerprint density at radius 3 is 2.45 bits per heavy atom. The highest BCUT2D eigenvalue weighted by atomic mass is 16.6. The smallest absolute Gasteiger partial charge is 0.269 e. The second-order valence-electron chi connectivity index (χ2n) is 4.71. The molecule has 6 N–H and O–H groups in total. The minimum atomic E-state index is -1.30. The van der Waals surface area contributed by atoms with Crippen LogP contribution in [0.1, 0.15) is 12.8 Å². The molecule has 9 heteroatoms. The van der Waals surface area contributed by atoms with Crippen molar-refractivity contribution in [1.29, 1.82) is 0 Å². The number of nitro groups is 1. The van der Waals surface area contributed by atoms with Gasteiger partial charge in [-0.1, -0.05) is 0 Å². The van der Waals surface area contributed by atoms with Gasteiger partial charge in [0.25, 0.3) is 5.69 Å². The van der Waals surface area contributed by atoms with E-state index in [2.05, 4.69) is 11.1 Å². The van der Waals surface area contributed by atoms with Crippen LogP contribution in [0.25, 0.3) is 0 Å². The third-order valence-electron chi connectivity index (χ3n) is 2.98. The number of hydrogen-bond donors (Lipinski definition) is 3.